The lowest BCUT2D eigenvalue weighted by Crippen LogP contribution is -1.93. The number of aromatic nitrogens is 5. The third-order valence-corrected chi connectivity index (χ3v) is 2.57. The van der Waals surface area contributed by atoms with Gasteiger partial charge < -0.3 is 0 Å². The molecule has 7 heteroatoms. The minimum absolute atomic E-state index is 0.301. The van der Waals surface area contributed by atoms with E-state index in [0.29, 0.717) is 22.6 Å². The molecule has 0 aliphatic carbocycles. The molecule has 3 heterocycles. The highest BCUT2D eigenvalue weighted by Crippen LogP contribution is 2.20. The van der Waals surface area contributed by atoms with Gasteiger partial charge in [-0.2, -0.15) is 4.39 Å². The van der Waals surface area contributed by atoms with Crippen LogP contribution in [0.15, 0.2) is 30.9 Å². The summed E-state index contributed by atoms with van der Waals surface area (Å²) in [5.74, 6) is -0.577. The van der Waals surface area contributed by atoms with Crippen molar-refractivity contribution < 1.29 is 4.39 Å². The zero-order chi connectivity index (χ0) is 11.8. The van der Waals surface area contributed by atoms with Gasteiger partial charge in [0.15, 0.2) is 11.3 Å². The third kappa shape index (κ3) is 1.64. The van der Waals surface area contributed by atoms with Crippen LogP contribution in [0.3, 0.4) is 0 Å². The zero-order valence-electron chi connectivity index (χ0n) is 8.45. The highest BCUT2D eigenvalue weighted by atomic mass is 32.1. The Morgan fingerprint density at radius 3 is 2.94 bits per heavy atom. The van der Waals surface area contributed by atoms with E-state index in [0.717, 1.165) is 0 Å². The summed E-state index contributed by atoms with van der Waals surface area (Å²) in [5, 5.41) is 0. The van der Waals surface area contributed by atoms with Gasteiger partial charge in [-0.3, -0.25) is 3.97 Å². The first-order chi connectivity index (χ1) is 8.25. The Balaban J connectivity index is 2.22. The standard InChI is InChI=1S/C10H6FN5S/c11-8-6(2-1-3-12-8)7-4-13-10-9(15-7)14-5-16(10)17/h1-5,17H. The van der Waals surface area contributed by atoms with Gasteiger partial charge in [-0.15, -0.1) is 0 Å². The van der Waals surface area contributed by atoms with Crippen LogP contribution in [0.5, 0.6) is 0 Å². The van der Waals surface area contributed by atoms with Crippen LogP contribution in [-0.4, -0.2) is 23.9 Å². The number of rotatable bonds is 1. The number of nitrogens with zero attached hydrogens (tertiary/aromatic N) is 5. The van der Waals surface area contributed by atoms with Gasteiger partial charge in [0.1, 0.15) is 6.33 Å². The summed E-state index contributed by atoms with van der Waals surface area (Å²) in [7, 11) is 0. The maximum Gasteiger partial charge on any atom is 0.222 e. The Labute approximate surface area is 101 Å². The minimum Gasteiger partial charge on any atom is -0.257 e. The first-order valence-electron chi connectivity index (χ1n) is 4.76. The Morgan fingerprint density at radius 1 is 1.24 bits per heavy atom. The summed E-state index contributed by atoms with van der Waals surface area (Å²) in [5.41, 5.74) is 1.65. The van der Waals surface area contributed by atoms with Crippen LogP contribution in [0.2, 0.25) is 0 Å². The summed E-state index contributed by atoms with van der Waals surface area (Å²) < 4.78 is 14.9. The molecule has 0 N–H and O–H groups in total. The highest BCUT2D eigenvalue weighted by molar-refractivity contribution is 7.78. The molecule has 0 spiro atoms. The molecule has 3 aromatic heterocycles. The second kappa shape index (κ2) is 3.77. The molecule has 17 heavy (non-hydrogen) atoms. The number of pyridine rings is 1. The molecule has 0 unspecified atom stereocenters. The van der Waals surface area contributed by atoms with Crippen LogP contribution in [-0.2, 0) is 0 Å². The number of fused-ring (bicyclic) bond motifs is 1. The predicted molar refractivity (Wildman–Crippen MR) is 62.9 cm³/mol. The SMILES string of the molecule is Fc1ncccc1-c1cnc2c(ncn2S)n1. The van der Waals surface area contributed by atoms with Crippen molar-refractivity contribution >= 4 is 24.1 Å². The van der Waals surface area contributed by atoms with E-state index in [9.17, 15) is 4.39 Å². The van der Waals surface area contributed by atoms with E-state index in [1.807, 2.05) is 0 Å². The average molecular weight is 247 g/mol. The molecular formula is C10H6FN5S. The van der Waals surface area contributed by atoms with Crippen molar-refractivity contribution in [3.63, 3.8) is 0 Å². The van der Waals surface area contributed by atoms with Crippen LogP contribution >= 0.6 is 12.8 Å². The van der Waals surface area contributed by atoms with Gasteiger partial charge in [0.2, 0.25) is 5.95 Å². The Kier molecular flexibility index (Phi) is 2.25. The fourth-order valence-corrected chi connectivity index (χ4v) is 1.68. The van der Waals surface area contributed by atoms with Crippen LogP contribution in [0.25, 0.3) is 22.6 Å². The van der Waals surface area contributed by atoms with Crippen molar-refractivity contribution in [3.05, 3.63) is 36.8 Å². The summed E-state index contributed by atoms with van der Waals surface area (Å²) in [4.78, 5) is 15.9. The van der Waals surface area contributed by atoms with Crippen molar-refractivity contribution in [2.45, 2.75) is 0 Å². The molecule has 0 bridgehead atoms. The lowest BCUT2D eigenvalue weighted by Gasteiger charge is -2.00. The molecule has 0 amide bonds. The van der Waals surface area contributed by atoms with Crippen LogP contribution in [0, 0.1) is 5.95 Å². The normalized spacial score (nSPS) is 10.9. The molecule has 0 aromatic carbocycles. The molecule has 0 aliphatic rings. The molecule has 0 radical (unpaired) electrons. The molecule has 0 aliphatic heterocycles. The number of thiol groups is 1. The van der Waals surface area contributed by atoms with E-state index in [1.165, 1.54) is 22.7 Å². The van der Waals surface area contributed by atoms with Gasteiger partial charge >= 0.3 is 0 Å². The number of halogens is 1. The van der Waals surface area contributed by atoms with Crippen molar-refractivity contribution in [2.24, 2.45) is 0 Å². The quantitative estimate of drug-likeness (QED) is 0.525. The van der Waals surface area contributed by atoms with E-state index >= 15 is 0 Å². The van der Waals surface area contributed by atoms with Gasteiger partial charge in [0, 0.05) is 6.20 Å². The van der Waals surface area contributed by atoms with Gasteiger partial charge in [-0.05, 0) is 12.1 Å². The molecule has 0 fully saturated rings. The topological polar surface area (TPSA) is 56.5 Å². The smallest absolute Gasteiger partial charge is 0.222 e. The van der Waals surface area contributed by atoms with E-state index in [4.69, 9.17) is 0 Å². The monoisotopic (exact) mass is 247 g/mol. The van der Waals surface area contributed by atoms with E-state index in [2.05, 4.69) is 32.8 Å². The summed E-state index contributed by atoms with van der Waals surface area (Å²) in [6.45, 7) is 0. The number of hydrogen-bond donors (Lipinski definition) is 1. The fourth-order valence-electron chi connectivity index (χ4n) is 1.49. The largest absolute Gasteiger partial charge is 0.257 e. The fraction of sp³-hybridized carbons (Fsp3) is 0. The van der Waals surface area contributed by atoms with Crippen molar-refractivity contribution in [1.82, 2.24) is 23.9 Å². The maximum absolute atomic E-state index is 13.5. The van der Waals surface area contributed by atoms with Crippen molar-refractivity contribution in [1.29, 1.82) is 0 Å². The Bertz CT molecular complexity index is 696. The van der Waals surface area contributed by atoms with Gasteiger partial charge in [0.25, 0.3) is 0 Å². The van der Waals surface area contributed by atoms with Crippen LogP contribution in [0.1, 0.15) is 0 Å². The summed E-state index contributed by atoms with van der Waals surface area (Å²) >= 11 is 4.11. The predicted octanol–water partition coefficient (Wildman–Crippen LogP) is 1.72. The third-order valence-electron chi connectivity index (χ3n) is 2.28. The Morgan fingerprint density at radius 2 is 2.12 bits per heavy atom. The van der Waals surface area contributed by atoms with Crippen molar-refractivity contribution in [2.75, 3.05) is 0 Å². The van der Waals surface area contributed by atoms with E-state index in [1.54, 1.807) is 12.1 Å². The number of imidazole rings is 1. The summed E-state index contributed by atoms with van der Waals surface area (Å²) in [6.07, 6.45) is 4.33. The first kappa shape index (κ1) is 10.2. The molecule has 84 valence electrons. The molecule has 5 nitrogen and oxygen atoms in total. The van der Waals surface area contributed by atoms with Crippen LogP contribution < -0.4 is 0 Å². The molecule has 0 saturated heterocycles. The summed E-state index contributed by atoms with van der Waals surface area (Å²) in [6, 6.07) is 3.23. The number of hydrogen-bond acceptors (Lipinski definition) is 5. The lowest BCUT2D eigenvalue weighted by molar-refractivity contribution is 0.587. The average Bonchev–Trinajstić information content (AvgIpc) is 2.71. The van der Waals surface area contributed by atoms with E-state index in [-0.39, 0.29) is 0 Å². The first-order valence-corrected chi connectivity index (χ1v) is 5.16. The molecular weight excluding hydrogens is 241 g/mol. The zero-order valence-corrected chi connectivity index (χ0v) is 9.34. The van der Waals surface area contributed by atoms with E-state index < -0.39 is 5.95 Å². The van der Waals surface area contributed by atoms with Gasteiger partial charge in [0.05, 0.1) is 17.5 Å². The van der Waals surface area contributed by atoms with Gasteiger partial charge in [-0.25, -0.2) is 19.9 Å². The molecule has 0 atom stereocenters. The lowest BCUT2D eigenvalue weighted by atomic mass is 10.2. The molecule has 3 rings (SSSR count). The minimum atomic E-state index is -0.577. The van der Waals surface area contributed by atoms with Crippen molar-refractivity contribution in [3.8, 4) is 11.3 Å². The molecule has 3 aromatic rings. The Hall–Kier alpha value is -2.02. The second-order valence-electron chi connectivity index (χ2n) is 3.33. The second-order valence-corrected chi connectivity index (χ2v) is 3.76. The molecule has 0 saturated carbocycles. The highest BCUT2D eigenvalue weighted by Gasteiger charge is 2.10. The maximum atomic E-state index is 13.5. The van der Waals surface area contributed by atoms with Gasteiger partial charge in [-0.1, -0.05) is 12.8 Å². The van der Waals surface area contributed by atoms with Crippen LogP contribution in [0.4, 0.5) is 4.39 Å².